The molecule has 0 atom stereocenters. The number of nitrogens with zero attached hydrogens (tertiary/aromatic N) is 5. The van der Waals surface area contributed by atoms with Crippen molar-refractivity contribution in [2.45, 2.75) is 25.7 Å². The van der Waals surface area contributed by atoms with Crippen molar-refractivity contribution >= 4 is 17.4 Å². The molecule has 25 heavy (non-hydrogen) atoms. The standard InChI is InChI=1S/C17H20ClN5O2/c1-24-9-6-15-21-17(25-22-15)10-12-4-7-23(8-5-12)16-3-2-13(18)14(11-19)20-16/h2-3,12H,4-10H2,1H3. The van der Waals surface area contributed by atoms with E-state index in [2.05, 4.69) is 20.0 Å². The van der Waals surface area contributed by atoms with Crippen molar-refractivity contribution in [3.63, 3.8) is 0 Å². The summed E-state index contributed by atoms with van der Waals surface area (Å²) in [5.74, 6) is 2.71. The van der Waals surface area contributed by atoms with E-state index in [0.717, 1.165) is 38.2 Å². The number of pyridine rings is 1. The molecule has 132 valence electrons. The highest BCUT2D eigenvalue weighted by Crippen LogP contribution is 2.26. The average molecular weight is 362 g/mol. The number of hydrogen-bond acceptors (Lipinski definition) is 7. The minimum atomic E-state index is 0.274. The highest BCUT2D eigenvalue weighted by Gasteiger charge is 2.23. The highest BCUT2D eigenvalue weighted by atomic mass is 35.5. The van der Waals surface area contributed by atoms with Gasteiger partial charge in [-0.25, -0.2) is 4.98 Å². The molecule has 0 unspecified atom stereocenters. The number of piperidine rings is 1. The molecule has 1 saturated heterocycles. The predicted molar refractivity (Wildman–Crippen MR) is 92.5 cm³/mol. The van der Waals surface area contributed by atoms with Gasteiger partial charge >= 0.3 is 0 Å². The number of ether oxygens (including phenoxy) is 1. The number of aromatic nitrogens is 3. The molecular weight excluding hydrogens is 342 g/mol. The molecular formula is C17H20ClN5O2. The van der Waals surface area contributed by atoms with Gasteiger partial charge in [-0.15, -0.1) is 0 Å². The summed E-state index contributed by atoms with van der Waals surface area (Å²) in [7, 11) is 1.66. The second-order valence-corrected chi connectivity index (χ2v) is 6.50. The van der Waals surface area contributed by atoms with Crippen LogP contribution in [-0.2, 0) is 17.6 Å². The number of anilines is 1. The zero-order valence-corrected chi connectivity index (χ0v) is 14.9. The third kappa shape index (κ3) is 4.47. The third-order valence-corrected chi connectivity index (χ3v) is 4.68. The summed E-state index contributed by atoms with van der Waals surface area (Å²) < 4.78 is 10.3. The van der Waals surface area contributed by atoms with Crippen molar-refractivity contribution in [1.29, 1.82) is 5.26 Å². The Morgan fingerprint density at radius 1 is 1.36 bits per heavy atom. The largest absolute Gasteiger partial charge is 0.384 e. The molecule has 2 aromatic heterocycles. The number of rotatable bonds is 6. The molecule has 7 nitrogen and oxygen atoms in total. The summed E-state index contributed by atoms with van der Waals surface area (Å²) in [4.78, 5) is 10.9. The first kappa shape index (κ1) is 17.6. The molecule has 0 bridgehead atoms. The first-order chi connectivity index (χ1) is 12.2. The van der Waals surface area contributed by atoms with E-state index in [4.69, 9.17) is 26.1 Å². The van der Waals surface area contributed by atoms with Crippen molar-refractivity contribution in [3.05, 3.63) is 34.6 Å². The smallest absolute Gasteiger partial charge is 0.226 e. The van der Waals surface area contributed by atoms with Gasteiger partial charge in [0.2, 0.25) is 5.89 Å². The molecule has 1 aliphatic heterocycles. The Morgan fingerprint density at radius 2 is 2.16 bits per heavy atom. The van der Waals surface area contributed by atoms with Gasteiger partial charge in [0.1, 0.15) is 11.9 Å². The van der Waals surface area contributed by atoms with Crippen molar-refractivity contribution < 1.29 is 9.26 Å². The summed E-state index contributed by atoms with van der Waals surface area (Å²) in [5, 5.41) is 13.4. The van der Waals surface area contributed by atoms with Crippen LogP contribution in [0.15, 0.2) is 16.7 Å². The van der Waals surface area contributed by atoms with Crippen LogP contribution in [0.4, 0.5) is 5.82 Å². The molecule has 0 spiro atoms. The zero-order chi connectivity index (χ0) is 17.6. The lowest BCUT2D eigenvalue weighted by atomic mass is 9.93. The summed E-state index contributed by atoms with van der Waals surface area (Å²) >= 11 is 5.95. The third-order valence-electron chi connectivity index (χ3n) is 4.38. The molecule has 0 aromatic carbocycles. The molecule has 1 aliphatic rings. The van der Waals surface area contributed by atoms with Gasteiger partial charge in [-0.3, -0.25) is 0 Å². The maximum Gasteiger partial charge on any atom is 0.226 e. The van der Waals surface area contributed by atoms with Crippen molar-refractivity contribution in [1.82, 2.24) is 15.1 Å². The van der Waals surface area contributed by atoms with E-state index in [1.165, 1.54) is 0 Å². The molecule has 3 heterocycles. The maximum atomic E-state index is 9.06. The van der Waals surface area contributed by atoms with Gasteiger partial charge in [0, 0.05) is 33.0 Å². The Hall–Kier alpha value is -2.17. The quantitative estimate of drug-likeness (QED) is 0.781. The number of methoxy groups -OCH3 is 1. The van der Waals surface area contributed by atoms with Gasteiger partial charge < -0.3 is 14.2 Å². The van der Waals surface area contributed by atoms with E-state index in [0.29, 0.717) is 35.7 Å². The SMILES string of the molecule is COCCc1noc(CC2CCN(c3ccc(Cl)c(C#N)n3)CC2)n1. The minimum Gasteiger partial charge on any atom is -0.384 e. The zero-order valence-electron chi connectivity index (χ0n) is 14.1. The molecule has 1 fully saturated rings. The highest BCUT2D eigenvalue weighted by molar-refractivity contribution is 6.31. The van der Waals surface area contributed by atoms with Crippen LogP contribution in [0.2, 0.25) is 5.02 Å². The Morgan fingerprint density at radius 3 is 2.88 bits per heavy atom. The van der Waals surface area contributed by atoms with E-state index in [1.807, 2.05) is 12.1 Å². The Bertz CT molecular complexity index is 750. The molecule has 8 heteroatoms. The van der Waals surface area contributed by atoms with Crippen LogP contribution in [0.25, 0.3) is 0 Å². The van der Waals surface area contributed by atoms with Crippen LogP contribution in [0.5, 0.6) is 0 Å². The van der Waals surface area contributed by atoms with Gasteiger partial charge in [-0.2, -0.15) is 10.2 Å². The van der Waals surface area contributed by atoms with Gasteiger partial charge in [-0.1, -0.05) is 16.8 Å². The van der Waals surface area contributed by atoms with Crippen LogP contribution in [0.1, 0.15) is 30.3 Å². The van der Waals surface area contributed by atoms with Gasteiger partial charge in [0.05, 0.1) is 11.6 Å². The Labute approximate surface area is 151 Å². The van der Waals surface area contributed by atoms with Crippen LogP contribution in [0.3, 0.4) is 0 Å². The van der Waals surface area contributed by atoms with Crippen LogP contribution < -0.4 is 4.90 Å². The van der Waals surface area contributed by atoms with E-state index in [9.17, 15) is 0 Å². The fourth-order valence-corrected chi connectivity index (χ4v) is 3.11. The van der Waals surface area contributed by atoms with Crippen molar-refractivity contribution in [2.75, 3.05) is 31.7 Å². The maximum absolute atomic E-state index is 9.06. The van der Waals surface area contributed by atoms with Gasteiger partial charge in [0.25, 0.3) is 0 Å². The van der Waals surface area contributed by atoms with E-state index < -0.39 is 0 Å². The molecule has 0 aliphatic carbocycles. The van der Waals surface area contributed by atoms with E-state index >= 15 is 0 Å². The second-order valence-electron chi connectivity index (χ2n) is 6.09. The lowest BCUT2D eigenvalue weighted by Crippen LogP contribution is -2.35. The van der Waals surface area contributed by atoms with E-state index in [1.54, 1.807) is 13.2 Å². The average Bonchev–Trinajstić information content (AvgIpc) is 3.08. The van der Waals surface area contributed by atoms with Crippen LogP contribution in [0, 0.1) is 17.2 Å². The van der Waals surface area contributed by atoms with E-state index in [-0.39, 0.29) is 5.69 Å². The molecule has 0 radical (unpaired) electrons. The van der Waals surface area contributed by atoms with Crippen molar-refractivity contribution in [3.8, 4) is 6.07 Å². The fraction of sp³-hybridized carbons (Fsp3) is 0.529. The lowest BCUT2D eigenvalue weighted by molar-refractivity contribution is 0.199. The van der Waals surface area contributed by atoms with Crippen LogP contribution in [-0.4, -0.2) is 41.9 Å². The molecule has 0 saturated carbocycles. The lowest BCUT2D eigenvalue weighted by Gasteiger charge is -2.32. The predicted octanol–water partition coefficient (Wildman–Crippen LogP) is 2.64. The first-order valence-corrected chi connectivity index (χ1v) is 8.69. The molecule has 0 N–H and O–H groups in total. The molecule has 0 amide bonds. The Balaban J connectivity index is 1.53. The molecule has 3 rings (SSSR count). The van der Waals surface area contributed by atoms with Crippen molar-refractivity contribution in [2.24, 2.45) is 5.92 Å². The molecule has 2 aromatic rings. The van der Waals surface area contributed by atoms with Gasteiger partial charge in [0.15, 0.2) is 11.5 Å². The number of nitriles is 1. The van der Waals surface area contributed by atoms with Crippen LogP contribution >= 0.6 is 11.6 Å². The first-order valence-electron chi connectivity index (χ1n) is 8.31. The summed E-state index contributed by atoms with van der Waals surface area (Å²) in [6.45, 7) is 2.36. The topological polar surface area (TPSA) is 88.1 Å². The summed E-state index contributed by atoms with van der Waals surface area (Å²) in [6.07, 6.45) is 3.50. The number of halogens is 1. The summed E-state index contributed by atoms with van der Waals surface area (Å²) in [6, 6.07) is 5.62. The second kappa shape index (κ2) is 8.28. The fourth-order valence-electron chi connectivity index (χ4n) is 2.97. The summed E-state index contributed by atoms with van der Waals surface area (Å²) in [5.41, 5.74) is 0.274. The monoisotopic (exact) mass is 361 g/mol. The van der Waals surface area contributed by atoms with Gasteiger partial charge in [-0.05, 0) is 30.9 Å². The minimum absolute atomic E-state index is 0.274. The normalized spacial score (nSPS) is 15.3. The Kier molecular flexibility index (Phi) is 5.84. The number of hydrogen-bond donors (Lipinski definition) is 0.